The molecule has 30 heavy (non-hydrogen) atoms. The molecule has 0 radical (unpaired) electrons. The molecule has 0 bridgehead atoms. The molecule has 5 rings (SSSR count). The van der Waals surface area contributed by atoms with E-state index in [0.29, 0.717) is 13.0 Å². The molecule has 0 atom stereocenters. The number of hydrogen-bond donors (Lipinski definition) is 0. The number of hydrogen-bond acceptors (Lipinski definition) is 2. The van der Waals surface area contributed by atoms with Gasteiger partial charge < -0.3 is 4.74 Å². The largest absolute Gasteiger partial charge is 0.466 e. The van der Waals surface area contributed by atoms with Gasteiger partial charge in [-0.1, -0.05) is 73.2 Å². The summed E-state index contributed by atoms with van der Waals surface area (Å²) in [5, 5.41) is 10.8. The molecule has 0 heterocycles. The van der Waals surface area contributed by atoms with Crippen LogP contribution < -0.4 is 0 Å². The van der Waals surface area contributed by atoms with Gasteiger partial charge in [-0.25, -0.2) is 0 Å². The fourth-order valence-electron chi connectivity index (χ4n) is 4.93. The summed E-state index contributed by atoms with van der Waals surface area (Å²) in [7, 11) is 0. The zero-order valence-electron chi connectivity index (χ0n) is 17.4. The monoisotopic (exact) mass is 394 g/mol. The Kier molecular flexibility index (Phi) is 5.00. The number of esters is 1. The van der Waals surface area contributed by atoms with Gasteiger partial charge in [0.15, 0.2) is 0 Å². The predicted molar refractivity (Wildman–Crippen MR) is 126 cm³/mol. The van der Waals surface area contributed by atoms with Crippen LogP contribution >= 0.6 is 0 Å². The summed E-state index contributed by atoms with van der Waals surface area (Å²) >= 11 is 0. The molecular formula is C28H26O2. The standard InChI is InChI=1S/C28H26O2/c1-2-30-25(29)16-5-3-4-9-20-17-18-21-12-7-14-23-22-13-6-10-19-11-8-15-24(26(19)22)28(20)27(21)23/h6-8,10-15,17-18H,2-5,9,16H2,1H3. The van der Waals surface area contributed by atoms with Crippen molar-refractivity contribution in [3.8, 4) is 0 Å². The quantitative estimate of drug-likeness (QED) is 0.124. The summed E-state index contributed by atoms with van der Waals surface area (Å²) in [4.78, 5) is 11.6. The molecule has 0 saturated carbocycles. The molecule has 0 aromatic heterocycles. The minimum atomic E-state index is -0.0776. The van der Waals surface area contributed by atoms with E-state index in [4.69, 9.17) is 4.74 Å². The Morgan fingerprint density at radius 3 is 2.10 bits per heavy atom. The Morgan fingerprint density at radius 2 is 1.37 bits per heavy atom. The van der Waals surface area contributed by atoms with Crippen LogP contribution in [-0.2, 0) is 16.0 Å². The molecule has 0 aliphatic heterocycles. The van der Waals surface area contributed by atoms with E-state index in [1.165, 1.54) is 48.7 Å². The zero-order valence-corrected chi connectivity index (χ0v) is 17.4. The normalized spacial score (nSPS) is 11.8. The lowest BCUT2D eigenvalue weighted by Crippen LogP contribution is -2.03. The second-order valence-electron chi connectivity index (χ2n) is 8.08. The topological polar surface area (TPSA) is 26.3 Å². The smallest absolute Gasteiger partial charge is 0.305 e. The van der Waals surface area contributed by atoms with Gasteiger partial charge in [0.05, 0.1) is 6.61 Å². The lowest BCUT2D eigenvalue weighted by molar-refractivity contribution is -0.143. The van der Waals surface area contributed by atoms with Gasteiger partial charge >= 0.3 is 5.97 Å². The molecule has 0 N–H and O–H groups in total. The molecule has 0 saturated heterocycles. The summed E-state index contributed by atoms with van der Waals surface area (Å²) < 4.78 is 5.04. The van der Waals surface area contributed by atoms with Gasteiger partial charge in [0.2, 0.25) is 0 Å². The number of ether oxygens (including phenoxy) is 1. The van der Waals surface area contributed by atoms with Crippen molar-refractivity contribution in [2.24, 2.45) is 0 Å². The van der Waals surface area contributed by atoms with Crippen LogP contribution in [0.15, 0.2) is 66.7 Å². The van der Waals surface area contributed by atoms with Gasteiger partial charge in [-0.05, 0) is 74.8 Å². The Balaban J connectivity index is 1.56. The average Bonchev–Trinajstić information content (AvgIpc) is 2.77. The maximum atomic E-state index is 11.6. The van der Waals surface area contributed by atoms with Crippen LogP contribution in [0, 0.1) is 0 Å². The SMILES string of the molecule is CCOC(=O)CCCCCc1ccc2cccc3c4cccc5cccc(c1c23)c54. The second-order valence-corrected chi connectivity index (χ2v) is 8.08. The van der Waals surface area contributed by atoms with Crippen LogP contribution in [-0.4, -0.2) is 12.6 Å². The molecule has 0 unspecified atom stereocenters. The number of unbranched alkanes of at least 4 members (excludes halogenated alkanes) is 2. The highest BCUT2D eigenvalue weighted by molar-refractivity contribution is 6.33. The molecule has 2 heteroatoms. The lowest BCUT2D eigenvalue weighted by Gasteiger charge is -2.17. The van der Waals surface area contributed by atoms with Crippen molar-refractivity contribution in [3.05, 3.63) is 72.3 Å². The highest BCUT2D eigenvalue weighted by atomic mass is 16.5. The van der Waals surface area contributed by atoms with Crippen molar-refractivity contribution in [1.29, 1.82) is 0 Å². The van der Waals surface area contributed by atoms with Crippen LogP contribution in [0.25, 0.3) is 43.1 Å². The van der Waals surface area contributed by atoms with Crippen molar-refractivity contribution in [2.75, 3.05) is 6.61 Å². The first-order valence-electron chi connectivity index (χ1n) is 11.0. The first-order chi connectivity index (χ1) is 14.8. The van der Waals surface area contributed by atoms with Crippen molar-refractivity contribution in [1.82, 2.24) is 0 Å². The number of benzene rings is 5. The summed E-state index contributed by atoms with van der Waals surface area (Å²) in [5.74, 6) is -0.0776. The Labute approximate surface area is 176 Å². The van der Waals surface area contributed by atoms with Gasteiger partial charge in [0, 0.05) is 6.42 Å². The highest BCUT2D eigenvalue weighted by Gasteiger charge is 2.15. The fourth-order valence-corrected chi connectivity index (χ4v) is 4.93. The van der Waals surface area contributed by atoms with E-state index in [1.54, 1.807) is 0 Å². The number of rotatable bonds is 7. The van der Waals surface area contributed by atoms with Crippen LogP contribution in [0.5, 0.6) is 0 Å². The number of fused-ring (bicyclic) bond motifs is 2. The second kappa shape index (κ2) is 7.95. The highest BCUT2D eigenvalue weighted by Crippen LogP contribution is 2.41. The molecule has 5 aromatic carbocycles. The molecule has 2 nitrogen and oxygen atoms in total. The van der Waals surface area contributed by atoms with E-state index < -0.39 is 0 Å². The summed E-state index contributed by atoms with van der Waals surface area (Å²) in [6, 6.07) is 24.5. The van der Waals surface area contributed by atoms with Gasteiger partial charge in [-0.15, -0.1) is 0 Å². The van der Waals surface area contributed by atoms with Crippen LogP contribution in [0.2, 0.25) is 0 Å². The summed E-state index contributed by atoms with van der Waals surface area (Å²) in [6.45, 7) is 2.32. The third kappa shape index (κ3) is 3.17. The molecule has 5 aromatic rings. The Hall–Kier alpha value is -3.13. The van der Waals surface area contributed by atoms with Crippen molar-refractivity contribution < 1.29 is 9.53 Å². The maximum Gasteiger partial charge on any atom is 0.305 e. The fraction of sp³-hybridized carbons (Fsp3) is 0.250. The first kappa shape index (κ1) is 18.9. The summed E-state index contributed by atoms with van der Waals surface area (Å²) in [6.07, 6.45) is 4.57. The Morgan fingerprint density at radius 1 is 0.700 bits per heavy atom. The molecular weight excluding hydrogens is 368 g/mol. The third-order valence-corrected chi connectivity index (χ3v) is 6.23. The maximum absolute atomic E-state index is 11.6. The van der Waals surface area contributed by atoms with E-state index in [1.807, 2.05) is 6.92 Å². The minimum Gasteiger partial charge on any atom is -0.466 e. The van der Waals surface area contributed by atoms with Gasteiger partial charge in [-0.2, -0.15) is 0 Å². The lowest BCUT2D eigenvalue weighted by atomic mass is 9.86. The van der Waals surface area contributed by atoms with Gasteiger partial charge in [0.1, 0.15) is 0 Å². The van der Waals surface area contributed by atoms with Crippen molar-refractivity contribution >= 4 is 49.1 Å². The molecule has 0 spiro atoms. The van der Waals surface area contributed by atoms with E-state index in [2.05, 4.69) is 66.7 Å². The van der Waals surface area contributed by atoms with Crippen LogP contribution in [0.3, 0.4) is 0 Å². The zero-order chi connectivity index (χ0) is 20.5. The van der Waals surface area contributed by atoms with Gasteiger partial charge in [-0.3, -0.25) is 4.79 Å². The number of carbonyl (C=O) groups excluding carboxylic acids is 1. The van der Waals surface area contributed by atoms with E-state index in [9.17, 15) is 4.79 Å². The molecule has 0 aliphatic carbocycles. The van der Waals surface area contributed by atoms with Crippen LogP contribution in [0.4, 0.5) is 0 Å². The summed E-state index contributed by atoms with van der Waals surface area (Å²) in [5.41, 5.74) is 1.41. The number of carbonyl (C=O) groups is 1. The van der Waals surface area contributed by atoms with Crippen molar-refractivity contribution in [3.63, 3.8) is 0 Å². The van der Waals surface area contributed by atoms with Crippen molar-refractivity contribution in [2.45, 2.75) is 39.0 Å². The minimum absolute atomic E-state index is 0.0776. The molecule has 0 fully saturated rings. The van der Waals surface area contributed by atoms with Gasteiger partial charge in [0.25, 0.3) is 0 Å². The van der Waals surface area contributed by atoms with E-state index in [-0.39, 0.29) is 5.97 Å². The predicted octanol–water partition coefficient (Wildman–Crippen LogP) is 7.40. The first-order valence-corrected chi connectivity index (χ1v) is 11.0. The Bertz CT molecular complexity index is 1340. The van der Waals surface area contributed by atoms with E-state index in [0.717, 1.165) is 25.7 Å². The third-order valence-electron chi connectivity index (χ3n) is 6.23. The van der Waals surface area contributed by atoms with E-state index >= 15 is 0 Å². The van der Waals surface area contributed by atoms with Crippen LogP contribution in [0.1, 0.15) is 38.2 Å². The number of aryl methyl sites for hydroxylation is 1. The molecule has 0 amide bonds. The molecule has 150 valence electrons. The average molecular weight is 395 g/mol. The molecule has 0 aliphatic rings.